The van der Waals surface area contributed by atoms with Gasteiger partial charge < -0.3 is 10.3 Å². The Hall–Kier alpha value is -5.14. The van der Waals surface area contributed by atoms with E-state index in [0.29, 0.717) is 6.54 Å². The van der Waals surface area contributed by atoms with Crippen molar-refractivity contribution >= 4 is 27.5 Å². The highest BCUT2D eigenvalue weighted by molar-refractivity contribution is 5.99. The number of pyridine rings is 3. The van der Waals surface area contributed by atoms with Crippen LogP contribution in [-0.4, -0.2) is 36.7 Å². The molecule has 0 aliphatic heterocycles. The Morgan fingerprint density at radius 1 is 0.975 bits per heavy atom. The molecule has 0 amide bonds. The van der Waals surface area contributed by atoms with E-state index in [1.807, 2.05) is 55.6 Å². The van der Waals surface area contributed by atoms with Crippen LogP contribution in [0.3, 0.4) is 0 Å². The van der Waals surface area contributed by atoms with E-state index in [2.05, 4.69) is 79.5 Å². The first-order chi connectivity index (χ1) is 19.7. The van der Waals surface area contributed by atoms with Crippen molar-refractivity contribution in [3.63, 3.8) is 0 Å². The molecule has 1 aromatic carbocycles. The average Bonchev–Trinajstić information content (AvgIpc) is 3.63. The topological polar surface area (TPSA) is 95.2 Å². The standard InChI is InChI=1S/C33H29N7/c1-3-22(19-35-20-23-9-6-5-7-10-23)17-24(4-2)27-12-13-29-32(38-27)33(40-39-29)30-18-26-28(37-30)14-16-36-31(26)25-11-8-15-34-21-25/h3-18,21,35,37H,1,19-20H2,2H3,(H,39,40)/b22-17+,24-4+. The van der Waals surface area contributed by atoms with Crippen LogP contribution < -0.4 is 5.32 Å². The number of aromatic nitrogens is 6. The number of rotatable bonds is 9. The van der Waals surface area contributed by atoms with Crippen LogP contribution in [0.25, 0.3) is 50.2 Å². The van der Waals surface area contributed by atoms with Crippen LogP contribution >= 0.6 is 0 Å². The Bertz CT molecular complexity index is 1840. The van der Waals surface area contributed by atoms with Gasteiger partial charge in [-0.05, 0) is 66.1 Å². The van der Waals surface area contributed by atoms with Gasteiger partial charge in [-0.3, -0.25) is 15.1 Å². The number of aromatic amines is 2. The largest absolute Gasteiger partial charge is 0.353 e. The highest BCUT2D eigenvalue weighted by Gasteiger charge is 2.16. The lowest BCUT2D eigenvalue weighted by Crippen LogP contribution is -2.16. The highest BCUT2D eigenvalue weighted by atomic mass is 15.1. The number of allylic oxidation sites excluding steroid dienone is 3. The molecular weight excluding hydrogens is 494 g/mol. The second kappa shape index (κ2) is 11.3. The van der Waals surface area contributed by atoms with E-state index in [4.69, 9.17) is 4.98 Å². The fourth-order valence-corrected chi connectivity index (χ4v) is 4.80. The second-order valence-corrected chi connectivity index (χ2v) is 9.47. The molecule has 6 rings (SSSR count). The van der Waals surface area contributed by atoms with Gasteiger partial charge in [-0.25, -0.2) is 4.98 Å². The van der Waals surface area contributed by atoms with Crippen molar-refractivity contribution in [2.24, 2.45) is 0 Å². The van der Waals surface area contributed by atoms with Gasteiger partial charge in [-0.1, -0.05) is 49.1 Å². The Morgan fingerprint density at radius 3 is 2.67 bits per heavy atom. The van der Waals surface area contributed by atoms with Crippen molar-refractivity contribution in [2.75, 3.05) is 6.54 Å². The number of hydrogen-bond acceptors (Lipinski definition) is 5. The number of hydrogen-bond donors (Lipinski definition) is 3. The summed E-state index contributed by atoms with van der Waals surface area (Å²) in [6.07, 6.45) is 11.5. The molecule has 0 fully saturated rings. The molecule has 7 nitrogen and oxygen atoms in total. The number of nitrogens with zero attached hydrogens (tertiary/aromatic N) is 4. The lowest BCUT2D eigenvalue weighted by Gasteiger charge is -2.08. The summed E-state index contributed by atoms with van der Waals surface area (Å²) in [6, 6.07) is 22.4. The Balaban J connectivity index is 1.31. The first kappa shape index (κ1) is 25.2. The molecule has 0 bridgehead atoms. The summed E-state index contributed by atoms with van der Waals surface area (Å²) in [6.45, 7) is 7.55. The summed E-state index contributed by atoms with van der Waals surface area (Å²) < 4.78 is 0. The monoisotopic (exact) mass is 523 g/mol. The predicted molar refractivity (Wildman–Crippen MR) is 162 cm³/mol. The van der Waals surface area contributed by atoms with Crippen LogP contribution in [0.1, 0.15) is 18.2 Å². The van der Waals surface area contributed by atoms with E-state index < -0.39 is 0 Å². The van der Waals surface area contributed by atoms with Gasteiger partial charge in [-0.15, -0.1) is 0 Å². The third-order valence-electron chi connectivity index (χ3n) is 6.86. The van der Waals surface area contributed by atoms with Crippen molar-refractivity contribution in [2.45, 2.75) is 13.5 Å². The van der Waals surface area contributed by atoms with Crippen molar-refractivity contribution in [3.05, 3.63) is 127 Å². The molecule has 0 saturated heterocycles. The van der Waals surface area contributed by atoms with Gasteiger partial charge in [0, 0.05) is 48.1 Å². The fourth-order valence-electron chi connectivity index (χ4n) is 4.80. The second-order valence-electron chi connectivity index (χ2n) is 9.47. The third kappa shape index (κ3) is 5.10. The van der Waals surface area contributed by atoms with Gasteiger partial charge in [0.2, 0.25) is 0 Å². The van der Waals surface area contributed by atoms with Crippen LogP contribution in [0.4, 0.5) is 0 Å². The maximum Gasteiger partial charge on any atom is 0.135 e. The first-order valence-electron chi connectivity index (χ1n) is 13.2. The molecule has 0 radical (unpaired) electrons. The zero-order valence-corrected chi connectivity index (χ0v) is 22.2. The molecule has 0 saturated carbocycles. The number of H-pyrrole nitrogens is 2. The summed E-state index contributed by atoms with van der Waals surface area (Å²) in [5.41, 5.74) is 10.3. The Labute approximate surface area is 232 Å². The smallest absolute Gasteiger partial charge is 0.135 e. The molecular formula is C33H29N7. The van der Waals surface area contributed by atoms with Gasteiger partial charge in [0.1, 0.15) is 11.2 Å². The quantitative estimate of drug-likeness (QED) is 0.180. The van der Waals surface area contributed by atoms with Gasteiger partial charge in [0.25, 0.3) is 0 Å². The Morgan fingerprint density at radius 2 is 1.88 bits per heavy atom. The normalized spacial score (nSPS) is 12.3. The fraction of sp³-hybridized carbons (Fsp3) is 0.0909. The first-order valence-corrected chi connectivity index (χ1v) is 13.2. The van der Waals surface area contributed by atoms with Crippen molar-refractivity contribution < 1.29 is 0 Å². The van der Waals surface area contributed by atoms with Gasteiger partial charge in [0.15, 0.2) is 0 Å². The van der Waals surface area contributed by atoms with E-state index in [-0.39, 0.29) is 0 Å². The molecule has 0 spiro atoms. The molecule has 7 heteroatoms. The molecule has 5 heterocycles. The van der Waals surface area contributed by atoms with E-state index >= 15 is 0 Å². The number of nitrogens with one attached hydrogen (secondary N) is 3. The van der Waals surface area contributed by atoms with Crippen molar-refractivity contribution in [1.82, 2.24) is 35.5 Å². The summed E-state index contributed by atoms with van der Waals surface area (Å²) in [5.74, 6) is 0. The third-order valence-corrected chi connectivity index (χ3v) is 6.86. The van der Waals surface area contributed by atoms with E-state index in [9.17, 15) is 0 Å². The zero-order valence-electron chi connectivity index (χ0n) is 22.2. The van der Waals surface area contributed by atoms with Crippen LogP contribution in [0.2, 0.25) is 0 Å². The van der Waals surface area contributed by atoms with E-state index in [1.165, 1.54) is 5.56 Å². The minimum Gasteiger partial charge on any atom is -0.353 e. The molecule has 5 aromatic heterocycles. The summed E-state index contributed by atoms with van der Waals surface area (Å²) in [4.78, 5) is 17.4. The molecule has 0 unspecified atom stereocenters. The SMILES string of the molecule is C=C/C(=C\C(=C/C)c1ccc2[nH]nc(-c3cc4c(-c5cccnc5)nccc4[nH]3)c2n1)CNCc1ccccc1. The molecule has 40 heavy (non-hydrogen) atoms. The molecule has 0 atom stereocenters. The summed E-state index contributed by atoms with van der Waals surface area (Å²) in [5, 5.41) is 12.3. The van der Waals surface area contributed by atoms with Crippen molar-refractivity contribution in [3.8, 4) is 22.6 Å². The highest BCUT2D eigenvalue weighted by Crippen LogP contribution is 2.32. The Kier molecular flexibility index (Phi) is 7.11. The van der Waals surface area contributed by atoms with E-state index in [0.717, 1.165) is 68.0 Å². The molecule has 196 valence electrons. The maximum absolute atomic E-state index is 5.04. The molecule has 0 aliphatic rings. The van der Waals surface area contributed by atoms with Gasteiger partial charge in [0.05, 0.1) is 22.6 Å². The molecule has 3 N–H and O–H groups in total. The summed E-state index contributed by atoms with van der Waals surface area (Å²) >= 11 is 0. The van der Waals surface area contributed by atoms with Crippen LogP contribution in [0.5, 0.6) is 0 Å². The lowest BCUT2D eigenvalue weighted by atomic mass is 10.1. The summed E-state index contributed by atoms with van der Waals surface area (Å²) in [7, 11) is 0. The van der Waals surface area contributed by atoms with Crippen LogP contribution in [-0.2, 0) is 6.54 Å². The number of benzene rings is 1. The maximum atomic E-state index is 5.04. The number of fused-ring (bicyclic) bond motifs is 2. The minimum absolute atomic E-state index is 0.706. The molecule has 6 aromatic rings. The van der Waals surface area contributed by atoms with Gasteiger partial charge >= 0.3 is 0 Å². The predicted octanol–water partition coefficient (Wildman–Crippen LogP) is 6.87. The van der Waals surface area contributed by atoms with Crippen molar-refractivity contribution in [1.29, 1.82) is 0 Å². The minimum atomic E-state index is 0.706. The van der Waals surface area contributed by atoms with E-state index in [1.54, 1.807) is 12.4 Å². The molecule has 0 aliphatic carbocycles. The lowest BCUT2D eigenvalue weighted by molar-refractivity contribution is 0.747. The van der Waals surface area contributed by atoms with Crippen LogP contribution in [0.15, 0.2) is 116 Å². The van der Waals surface area contributed by atoms with Gasteiger partial charge in [-0.2, -0.15) is 5.10 Å². The zero-order chi connectivity index (χ0) is 27.3. The average molecular weight is 524 g/mol. The van der Waals surface area contributed by atoms with Crippen LogP contribution in [0, 0.1) is 0 Å².